The molecule has 0 aromatic carbocycles. The SMILES string of the molecule is C=C(C)C=CCCC[Si]C[Si](C)(C)C[Si]C[Si](C)(CCCCCCCC)CCCCCCCC. The maximum atomic E-state index is 3.95. The summed E-state index contributed by atoms with van der Waals surface area (Å²) in [6.07, 6.45) is 24.7. The smallest absolute Gasteiger partial charge is 0.0474 e. The summed E-state index contributed by atoms with van der Waals surface area (Å²) < 4.78 is 0. The van der Waals surface area contributed by atoms with E-state index in [0.29, 0.717) is 0 Å². The lowest BCUT2D eigenvalue weighted by Crippen LogP contribution is -2.35. The van der Waals surface area contributed by atoms with Crippen LogP contribution in [0, 0.1) is 0 Å². The van der Waals surface area contributed by atoms with Gasteiger partial charge in [0, 0.05) is 35.2 Å². The van der Waals surface area contributed by atoms with Crippen LogP contribution in [0.3, 0.4) is 0 Å². The Labute approximate surface area is 224 Å². The Hall–Kier alpha value is 0.348. The van der Waals surface area contributed by atoms with Gasteiger partial charge < -0.3 is 0 Å². The highest BCUT2D eigenvalue weighted by Crippen LogP contribution is 2.28. The molecule has 0 amide bonds. The van der Waals surface area contributed by atoms with Crippen molar-refractivity contribution in [3.05, 3.63) is 24.3 Å². The summed E-state index contributed by atoms with van der Waals surface area (Å²) in [6.45, 7) is 18.9. The van der Waals surface area contributed by atoms with E-state index in [2.05, 4.69) is 59.1 Å². The highest BCUT2D eigenvalue weighted by atomic mass is 28.4. The Bertz CT molecular complexity index is 482. The van der Waals surface area contributed by atoms with Gasteiger partial charge >= 0.3 is 0 Å². The zero-order valence-electron chi connectivity index (χ0n) is 24.5. The van der Waals surface area contributed by atoms with Crippen molar-refractivity contribution >= 4 is 35.2 Å². The van der Waals surface area contributed by atoms with E-state index in [4.69, 9.17) is 0 Å². The van der Waals surface area contributed by atoms with E-state index in [-0.39, 0.29) is 0 Å². The molecular formula is C30H62Si4. The maximum absolute atomic E-state index is 3.95. The van der Waals surface area contributed by atoms with Crippen LogP contribution in [0.15, 0.2) is 24.3 Å². The van der Waals surface area contributed by atoms with E-state index in [1.54, 1.807) is 29.1 Å². The molecule has 0 aromatic rings. The molecule has 0 aliphatic rings. The topological polar surface area (TPSA) is 0 Å². The fourth-order valence-corrected chi connectivity index (χ4v) is 20.9. The molecule has 0 rings (SSSR count). The van der Waals surface area contributed by atoms with Crippen molar-refractivity contribution in [1.29, 1.82) is 0 Å². The van der Waals surface area contributed by atoms with Crippen LogP contribution in [-0.4, -0.2) is 35.2 Å². The molecule has 0 bridgehead atoms. The fraction of sp³-hybridized carbons (Fsp3) is 0.867. The van der Waals surface area contributed by atoms with E-state index >= 15 is 0 Å². The van der Waals surface area contributed by atoms with Gasteiger partial charge in [0.15, 0.2) is 0 Å². The molecule has 0 heterocycles. The quantitative estimate of drug-likeness (QED) is 0.0620. The van der Waals surface area contributed by atoms with Gasteiger partial charge in [0.1, 0.15) is 0 Å². The predicted octanol–water partition coefficient (Wildman–Crippen LogP) is 11.1. The third kappa shape index (κ3) is 22.8. The van der Waals surface area contributed by atoms with Gasteiger partial charge in [-0.2, -0.15) is 0 Å². The van der Waals surface area contributed by atoms with Gasteiger partial charge in [-0.3, -0.25) is 0 Å². The molecule has 4 radical (unpaired) electrons. The normalized spacial score (nSPS) is 12.6. The standard InChI is InChI=1S/C30H62Si4/c1-8-10-12-14-16-21-25-34(7,26-22-17-15-13-11-9-2)29-32-28-33(5,6)27-31-24-20-18-19-23-30(3)4/h19,23H,3,8-18,20-22,24-29H2,1-2,4-7H3. The van der Waals surface area contributed by atoms with E-state index < -0.39 is 16.1 Å². The van der Waals surface area contributed by atoms with E-state index in [9.17, 15) is 0 Å². The summed E-state index contributed by atoms with van der Waals surface area (Å²) in [5.74, 6) is 0. The summed E-state index contributed by atoms with van der Waals surface area (Å²) in [5.41, 5.74) is 6.03. The second kappa shape index (κ2) is 22.5. The highest BCUT2D eigenvalue weighted by molar-refractivity contribution is 6.93. The first kappa shape index (κ1) is 34.3. The summed E-state index contributed by atoms with van der Waals surface area (Å²) in [5, 5.41) is 0. The van der Waals surface area contributed by atoms with Gasteiger partial charge in [0.2, 0.25) is 0 Å². The zero-order chi connectivity index (χ0) is 25.5. The minimum absolute atomic E-state index is 0.981. The van der Waals surface area contributed by atoms with Gasteiger partial charge in [-0.25, -0.2) is 0 Å². The van der Waals surface area contributed by atoms with Crippen molar-refractivity contribution in [3.8, 4) is 0 Å². The van der Waals surface area contributed by atoms with Crippen molar-refractivity contribution in [3.63, 3.8) is 0 Å². The third-order valence-corrected chi connectivity index (χ3v) is 25.1. The Morgan fingerprint density at radius 1 is 0.676 bits per heavy atom. The molecule has 0 saturated carbocycles. The van der Waals surface area contributed by atoms with Crippen LogP contribution < -0.4 is 0 Å². The molecule has 0 N–H and O–H groups in total. The van der Waals surface area contributed by atoms with Gasteiger partial charge in [-0.05, 0) is 13.3 Å². The van der Waals surface area contributed by atoms with Crippen molar-refractivity contribution in [1.82, 2.24) is 0 Å². The minimum atomic E-state index is -1.03. The molecular weight excluding hydrogens is 473 g/mol. The first-order valence-electron chi connectivity index (χ1n) is 15.0. The number of hydrogen-bond acceptors (Lipinski definition) is 0. The molecule has 0 aliphatic carbocycles. The number of allylic oxidation sites excluding steroid dienone is 3. The molecule has 4 heteroatoms. The van der Waals surface area contributed by atoms with E-state index in [1.165, 1.54) is 121 Å². The predicted molar refractivity (Wildman–Crippen MR) is 169 cm³/mol. The molecule has 198 valence electrons. The van der Waals surface area contributed by atoms with Crippen LogP contribution in [0.25, 0.3) is 0 Å². The first-order valence-corrected chi connectivity index (χ1v) is 24.3. The Morgan fingerprint density at radius 2 is 1.18 bits per heavy atom. The number of rotatable bonds is 25. The fourth-order valence-electron chi connectivity index (χ4n) is 4.79. The molecule has 0 nitrogen and oxygen atoms in total. The van der Waals surface area contributed by atoms with Crippen molar-refractivity contribution in [2.45, 2.75) is 165 Å². The van der Waals surface area contributed by atoms with Gasteiger partial charge in [-0.1, -0.05) is 176 Å². The average molecular weight is 535 g/mol. The molecule has 0 aliphatic heterocycles. The maximum Gasteiger partial charge on any atom is 0.0474 e. The molecule has 34 heavy (non-hydrogen) atoms. The van der Waals surface area contributed by atoms with Crippen LogP contribution in [0.4, 0.5) is 0 Å². The Kier molecular flexibility index (Phi) is 22.8. The number of hydrogen-bond donors (Lipinski definition) is 0. The van der Waals surface area contributed by atoms with Crippen molar-refractivity contribution in [2.24, 2.45) is 0 Å². The molecule has 0 spiro atoms. The second-order valence-electron chi connectivity index (χ2n) is 12.2. The minimum Gasteiger partial charge on any atom is -0.0961 e. The molecule has 0 unspecified atom stereocenters. The lowest BCUT2D eigenvalue weighted by atomic mass is 10.1. The molecule has 0 atom stereocenters. The summed E-state index contributed by atoms with van der Waals surface area (Å²) in [4.78, 5) is 0. The third-order valence-electron chi connectivity index (χ3n) is 7.15. The Morgan fingerprint density at radius 3 is 1.71 bits per heavy atom. The monoisotopic (exact) mass is 534 g/mol. The van der Waals surface area contributed by atoms with Crippen LogP contribution in [0.2, 0.25) is 54.8 Å². The van der Waals surface area contributed by atoms with E-state index in [1.807, 2.05) is 0 Å². The first-order chi connectivity index (χ1) is 16.2. The number of unbranched alkanes of at least 4 members (excludes halogenated alkanes) is 11. The van der Waals surface area contributed by atoms with Gasteiger partial charge in [0.25, 0.3) is 0 Å². The molecule has 0 fully saturated rings. The van der Waals surface area contributed by atoms with E-state index in [0.717, 1.165) is 0 Å². The summed E-state index contributed by atoms with van der Waals surface area (Å²) in [7, 11) is 0.476. The van der Waals surface area contributed by atoms with Crippen LogP contribution >= 0.6 is 0 Å². The average Bonchev–Trinajstić information content (AvgIpc) is 2.77. The zero-order valence-corrected chi connectivity index (χ0v) is 28.5. The Balaban J connectivity index is 4.33. The second-order valence-corrected chi connectivity index (χ2v) is 26.9. The van der Waals surface area contributed by atoms with Crippen molar-refractivity contribution < 1.29 is 0 Å². The highest BCUT2D eigenvalue weighted by Gasteiger charge is 2.28. The molecule has 0 aromatic heterocycles. The lowest BCUT2D eigenvalue weighted by Gasteiger charge is -2.30. The van der Waals surface area contributed by atoms with Gasteiger partial charge in [-0.15, -0.1) is 0 Å². The summed E-state index contributed by atoms with van der Waals surface area (Å²) >= 11 is 0. The van der Waals surface area contributed by atoms with Crippen LogP contribution in [0.5, 0.6) is 0 Å². The largest absolute Gasteiger partial charge is 0.0961 e. The van der Waals surface area contributed by atoms with Gasteiger partial charge in [0.05, 0.1) is 0 Å². The van der Waals surface area contributed by atoms with Crippen LogP contribution in [-0.2, 0) is 0 Å². The van der Waals surface area contributed by atoms with Crippen LogP contribution in [0.1, 0.15) is 111 Å². The molecule has 0 saturated heterocycles. The van der Waals surface area contributed by atoms with Crippen molar-refractivity contribution in [2.75, 3.05) is 0 Å². The summed E-state index contributed by atoms with van der Waals surface area (Å²) in [6, 6.07) is 4.70. The lowest BCUT2D eigenvalue weighted by molar-refractivity contribution is 0.615.